The third-order valence-corrected chi connectivity index (χ3v) is 3.74. The lowest BCUT2D eigenvalue weighted by Crippen LogP contribution is -2.08. The summed E-state index contributed by atoms with van der Waals surface area (Å²) in [5.41, 5.74) is 0.285. The number of carboxylic acid groups (broad SMARTS) is 1. The number of carbonyl (C=O) groups is 1. The molecule has 2 N–H and O–H groups in total. The van der Waals surface area contributed by atoms with Crippen molar-refractivity contribution < 1.29 is 14.6 Å². The molecule has 5 heteroatoms. The second kappa shape index (κ2) is 12.4. The summed E-state index contributed by atoms with van der Waals surface area (Å²) >= 11 is 0. The summed E-state index contributed by atoms with van der Waals surface area (Å²) in [7, 11) is 0. The van der Waals surface area contributed by atoms with E-state index in [1.807, 2.05) is 0 Å². The number of nitrogens with one attached hydrogen (secondary N) is 1. The molecule has 0 bridgehead atoms. The number of unbranched alkanes of at least 4 members (excludes halogenated alkanes) is 7. The number of carboxylic acids is 1. The van der Waals surface area contributed by atoms with Crippen LogP contribution in [0.25, 0.3) is 6.08 Å². The van der Waals surface area contributed by atoms with Gasteiger partial charge in [0.1, 0.15) is 5.75 Å². The summed E-state index contributed by atoms with van der Waals surface area (Å²) in [5.74, 6) is -0.329. The van der Waals surface area contributed by atoms with E-state index in [-0.39, 0.29) is 12.0 Å². The predicted molar refractivity (Wildman–Crippen MR) is 96.5 cm³/mol. The summed E-state index contributed by atoms with van der Waals surface area (Å²) < 4.78 is 5.73. The van der Waals surface area contributed by atoms with Crippen LogP contribution in [0.1, 0.15) is 70.4 Å². The number of aromatic amines is 1. The predicted octanol–water partition coefficient (Wildman–Crippen LogP) is 4.38. The number of aromatic nitrogens is 1. The van der Waals surface area contributed by atoms with Crippen molar-refractivity contribution in [2.75, 3.05) is 6.61 Å². The number of rotatable bonds is 13. The molecule has 0 saturated carbocycles. The first kappa shape index (κ1) is 20.0. The van der Waals surface area contributed by atoms with Crippen LogP contribution < -0.4 is 10.3 Å². The molecule has 0 spiro atoms. The van der Waals surface area contributed by atoms with Crippen LogP contribution in [0.3, 0.4) is 0 Å². The Labute approximate surface area is 143 Å². The second-order valence-corrected chi connectivity index (χ2v) is 5.92. The lowest BCUT2D eigenvalue weighted by molar-refractivity contribution is -0.135. The van der Waals surface area contributed by atoms with Crippen molar-refractivity contribution in [3.8, 4) is 5.75 Å². The molecule has 5 nitrogen and oxygen atoms in total. The molecule has 0 unspecified atom stereocenters. The highest BCUT2D eigenvalue weighted by Crippen LogP contribution is 2.16. The molecule has 1 heterocycles. The molecular formula is C19H29NO4. The number of aliphatic carboxylic acids is 1. The van der Waals surface area contributed by atoms with Gasteiger partial charge in [0.25, 0.3) is 0 Å². The van der Waals surface area contributed by atoms with Gasteiger partial charge in [-0.2, -0.15) is 0 Å². The van der Waals surface area contributed by atoms with Crippen LogP contribution in [-0.4, -0.2) is 22.7 Å². The molecule has 1 aromatic heterocycles. The van der Waals surface area contributed by atoms with Gasteiger partial charge >= 0.3 is 5.97 Å². The smallest absolute Gasteiger partial charge is 0.307 e. The lowest BCUT2D eigenvalue weighted by Gasteiger charge is -2.09. The van der Waals surface area contributed by atoms with Crippen LogP contribution in [0, 0.1) is 0 Å². The first-order valence-corrected chi connectivity index (χ1v) is 8.88. The molecular weight excluding hydrogens is 306 g/mol. The van der Waals surface area contributed by atoms with Crippen LogP contribution in [0.15, 0.2) is 23.0 Å². The average Bonchev–Trinajstić information content (AvgIpc) is 2.54. The van der Waals surface area contributed by atoms with E-state index in [1.165, 1.54) is 50.7 Å². The summed E-state index contributed by atoms with van der Waals surface area (Å²) in [6.45, 7) is 2.82. The third kappa shape index (κ3) is 9.18. The third-order valence-electron chi connectivity index (χ3n) is 3.74. The van der Waals surface area contributed by atoms with Gasteiger partial charge in [-0.25, -0.2) is 0 Å². The van der Waals surface area contributed by atoms with E-state index in [1.54, 1.807) is 12.1 Å². The van der Waals surface area contributed by atoms with E-state index in [0.29, 0.717) is 18.1 Å². The standard InChI is InChI=1S/C19H29NO4/c1-2-3-4-5-6-7-8-9-15-24-17-13-14-18(21)20-16(17)11-10-12-19(22)23/h10-11,13-14H,2-9,12,15H2,1H3,(H,20,21)(H,22,23). The van der Waals surface area contributed by atoms with E-state index in [9.17, 15) is 9.59 Å². The molecule has 134 valence electrons. The zero-order valence-corrected chi connectivity index (χ0v) is 14.6. The normalized spacial score (nSPS) is 11.0. The van der Waals surface area contributed by atoms with Gasteiger partial charge in [-0.05, 0) is 18.6 Å². The van der Waals surface area contributed by atoms with Crippen molar-refractivity contribution in [2.24, 2.45) is 0 Å². The molecule has 0 radical (unpaired) electrons. The maximum Gasteiger partial charge on any atom is 0.307 e. The highest BCUT2D eigenvalue weighted by molar-refractivity contribution is 5.70. The van der Waals surface area contributed by atoms with E-state index < -0.39 is 5.97 Å². The van der Waals surface area contributed by atoms with Crippen molar-refractivity contribution >= 4 is 12.0 Å². The number of hydrogen-bond donors (Lipinski definition) is 2. The molecule has 0 saturated heterocycles. The largest absolute Gasteiger partial charge is 0.491 e. The monoisotopic (exact) mass is 335 g/mol. The summed E-state index contributed by atoms with van der Waals surface area (Å²) in [5, 5.41) is 8.65. The fraction of sp³-hybridized carbons (Fsp3) is 0.579. The number of pyridine rings is 1. The van der Waals surface area contributed by atoms with E-state index in [2.05, 4.69) is 11.9 Å². The fourth-order valence-electron chi connectivity index (χ4n) is 2.42. The van der Waals surface area contributed by atoms with Crippen molar-refractivity contribution in [2.45, 2.75) is 64.7 Å². The quantitative estimate of drug-likeness (QED) is 0.524. The summed E-state index contributed by atoms with van der Waals surface area (Å²) in [6, 6.07) is 3.04. The summed E-state index contributed by atoms with van der Waals surface area (Å²) in [6.07, 6.45) is 12.9. The van der Waals surface area contributed by atoms with Crippen molar-refractivity contribution in [1.82, 2.24) is 4.98 Å². The molecule has 0 aromatic carbocycles. The molecule has 24 heavy (non-hydrogen) atoms. The minimum Gasteiger partial charge on any atom is -0.491 e. The van der Waals surface area contributed by atoms with Gasteiger partial charge in [0, 0.05) is 6.07 Å². The Hall–Kier alpha value is -2.04. The Morgan fingerprint density at radius 2 is 1.79 bits per heavy atom. The molecule has 0 aliphatic heterocycles. The van der Waals surface area contributed by atoms with Gasteiger partial charge in [-0.3, -0.25) is 9.59 Å². The Balaban J connectivity index is 2.32. The van der Waals surface area contributed by atoms with Crippen LogP contribution >= 0.6 is 0 Å². The fourth-order valence-corrected chi connectivity index (χ4v) is 2.42. The first-order chi connectivity index (χ1) is 11.6. The van der Waals surface area contributed by atoms with Gasteiger partial charge in [0.2, 0.25) is 5.56 Å². The highest BCUT2D eigenvalue weighted by Gasteiger charge is 2.02. The lowest BCUT2D eigenvalue weighted by atomic mass is 10.1. The molecule has 0 aliphatic rings. The van der Waals surface area contributed by atoms with E-state index >= 15 is 0 Å². The Bertz CT molecular complexity index is 563. The molecule has 1 aromatic rings. The Kier molecular flexibility index (Phi) is 10.3. The summed E-state index contributed by atoms with van der Waals surface area (Å²) in [4.78, 5) is 24.6. The Morgan fingerprint density at radius 1 is 1.12 bits per heavy atom. The molecule has 0 aliphatic carbocycles. The van der Waals surface area contributed by atoms with Gasteiger partial charge < -0.3 is 14.8 Å². The SMILES string of the molecule is CCCCCCCCCCOc1ccc(=O)[nH]c1C=CCC(=O)O. The zero-order valence-electron chi connectivity index (χ0n) is 14.6. The van der Waals surface area contributed by atoms with Gasteiger partial charge in [0.05, 0.1) is 18.7 Å². The van der Waals surface area contributed by atoms with Crippen LogP contribution in [-0.2, 0) is 4.79 Å². The van der Waals surface area contributed by atoms with Gasteiger partial charge in [0.15, 0.2) is 0 Å². The van der Waals surface area contributed by atoms with Crippen molar-refractivity contribution in [3.63, 3.8) is 0 Å². The molecule has 0 fully saturated rings. The average molecular weight is 335 g/mol. The van der Waals surface area contributed by atoms with Crippen LogP contribution in [0.4, 0.5) is 0 Å². The van der Waals surface area contributed by atoms with Gasteiger partial charge in [-0.15, -0.1) is 0 Å². The van der Waals surface area contributed by atoms with Gasteiger partial charge in [-0.1, -0.05) is 57.9 Å². The zero-order chi connectivity index (χ0) is 17.6. The topological polar surface area (TPSA) is 79.4 Å². The molecule has 0 atom stereocenters. The maximum absolute atomic E-state index is 11.4. The van der Waals surface area contributed by atoms with Crippen molar-refractivity contribution in [1.29, 1.82) is 0 Å². The Morgan fingerprint density at radius 3 is 2.46 bits per heavy atom. The first-order valence-electron chi connectivity index (χ1n) is 8.88. The number of hydrogen-bond acceptors (Lipinski definition) is 3. The number of H-pyrrole nitrogens is 1. The number of ether oxygens (including phenoxy) is 1. The van der Waals surface area contributed by atoms with Crippen LogP contribution in [0.5, 0.6) is 5.75 Å². The second-order valence-electron chi connectivity index (χ2n) is 5.92. The van der Waals surface area contributed by atoms with Crippen molar-refractivity contribution in [3.05, 3.63) is 34.3 Å². The van der Waals surface area contributed by atoms with E-state index in [4.69, 9.17) is 9.84 Å². The minimum absolute atomic E-state index is 0.0889. The molecule has 1 rings (SSSR count). The van der Waals surface area contributed by atoms with Crippen LogP contribution in [0.2, 0.25) is 0 Å². The highest BCUT2D eigenvalue weighted by atomic mass is 16.5. The minimum atomic E-state index is -0.911. The molecule has 0 amide bonds. The van der Waals surface area contributed by atoms with E-state index in [0.717, 1.165) is 12.8 Å². The maximum atomic E-state index is 11.4.